The number of likely N-dealkylation sites (tertiary alicyclic amines) is 1. The summed E-state index contributed by atoms with van der Waals surface area (Å²) in [5, 5.41) is 0. The van der Waals surface area contributed by atoms with Crippen LogP contribution in [-0.4, -0.2) is 36.7 Å². The molecule has 1 aliphatic heterocycles. The van der Waals surface area contributed by atoms with Gasteiger partial charge < -0.3 is 10.2 Å². The van der Waals surface area contributed by atoms with Crippen molar-refractivity contribution in [2.45, 2.75) is 26.3 Å². The van der Waals surface area contributed by atoms with Crippen LogP contribution in [0.3, 0.4) is 0 Å². The molecule has 0 aromatic rings. The second-order valence-electron chi connectivity index (χ2n) is 4.22. The van der Waals surface area contributed by atoms with E-state index in [2.05, 4.69) is 20.8 Å². The zero-order valence-electron chi connectivity index (χ0n) is 8.42. The molecule has 3 atom stereocenters. The van der Waals surface area contributed by atoms with Crippen LogP contribution in [0.1, 0.15) is 20.3 Å². The number of hydrogen-bond acceptors (Lipinski definition) is 1. The highest BCUT2D eigenvalue weighted by Crippen LogP contribution is 2.21. The maximum absolute atomic E-state index is 5.98. The number of nitrogens with zero attached hydrogens (tertiary/aromatic N) is 1. The Morgan fingerprint density at radius 2 is 2.25 bits per heavy atom. The van der Waals surface area contributed by atoms with E-state index < -0.39 is 0 Å². The first-order valence-corrected chi connectivity index (χ1v) is 5.03. The van der Waals surface area contributed by atoms with E-state index in [9.17, 15) is 0 Å². The van der Waals surface area contributed by atoms with Crippen LogP contribution in [0.4, 0.5) is 0 Å². The molecule has 3 unspecified atom stereocenters. The van der Waals surface area contributed by atoms with Crippen molar-refractivity contribution in [2.75, 3.05) is 26.2 Å². The maximum atomic E-state index is 5.98. The number of quaternary nitrogens is 1. The van der Waals surface area contributed by atoms with Crippen molar-refractivity contribution in [2.24, 2.45) is 11.7 Å². The SMILES string of the molecule is [CH2]C[N+]1(CC)CCC(N)C(C)C1. The number of nitrogens with two attached hydrogens (primary N) is 1. The molecule has 1 saturated heterocycles. The van der Waals surface area contributed by atoms with Crippen LogP contribution in [-0.2, 0) is 0 Å². The van der Waals surface area contributed by atoms with Gasteiger partial charge in [0.2, 0.25) is 0 Å². The molecule has 1 heterocycles. The first-order valence-electron chi connectivity index (χ1n) is 5.03. The molecule has 12 heavy (non-hydrogen) atoms. The third kappa shape index (κ3) is 1.80. The van der Waals surface area contributed by atoms with Crippen LogP contribution in [0.5, 0.6) is 0 Å². The van der Waals surface area contributed by atoms with Gasteiger partial charge in [-0.25, -0.2) is 0 Å². The summed E-state index contributed by atoms with van der Waals surface area (Å²) in [4.78, 5) is 0. The summed E-state index contributed by atoms with van der Waals surface area (Å²) >= 11 is 0. The summed E-state index contributed by atoms with van der Waals surface area (Å²) in [6.07, 6.45) is 1.17. The summed E-state index contributed by atoms with van der Waals surface area (Å²) in [5.41, 5.74) is 5.98. The smallest absolute Gasteiger partial charge is 0.0827 e. The molecule has 2 nitrogen and oxygen atoms in total. The molecule has 0 aromatic carbocycles. The van der Waals surface area contributed by atoms with Gasteiger partial charge in [0.05, 0.1) is 26.2 Å². The first kappa shape index (κ1) is 10.0. The second kappa shape index (κ2) is 3.75. The highest BCUT2D eigenvalue weighted by Gasteiger charge is 2.34. The molecule has 0 aromatic heterocycles. The molecule has 0 amide bonds. The van der Waals surface area contributed by atoms with Gasteiger partial charge in [-0.2, -0.15) is 0 Å². The summed E-state index contributed by atoms with van der Waals surface area (Å²) in [6.45, 7) is 13.2. The van der Waals surface area contributed by atoms with E-state index in [4.69, 9.17) is 5.73 Å². The Morgan fingerprint density at radius 1 is 1.58 bits per heavy atom. The average Bonchev–Trinajstić information content (AvgIpc) is 2.10. The number of piperidine rings is 1. The summed E-state index contributed by atoms with van der Waals surface area (Å²) in [5.74, 6) is 0.667. The van der Waals surface area contributed by atoms with Gasteiger partial charge in [-0.1, -0.05) is 6.92 Å². The van der Waals surface area contributed by atoms with Gasteiger partial charge >= 0.3 is 0 Å². The topological polar surface area (TPSA) is 26.0 Å². The monoisotopic (exact) mass is 170 g/mol. The molecular formula is C10H22N2+. The average molecular weight is 170 g/mol. The maximum Gasteiger partial charge on any atom is 0.0827 e. The molecule has 1 aliphatic rings. The van der Waals surface area contributed by atoms with E-state index in [0.29, 0.717) is 12.0 Å². The lowest BCUT2D eigenvalue weighted by atomic mass is 9.92. The van der Waals surface area contributed by atoms with E-state index in [-0.39, 0.29) is 0 Å². The van der Waals surface area contributed by atoms with Gasteiger partial charge in [-0.05, 0) is 6.92 Å². The number of rotatable bonds is 2. The minimum Gasteiger partial charge on any atom is -0.327 e. The van der Waals surface area contributed by atoms with Crippen molar-refractivity contribution < 1.29 is 4.48 Å². The summed E-state index contributed by atoms with van der Waals surface area (Å²) < 4.78 is 1.18. The Balaban J connectivity index is 2.58. The van der Waals surface area contributed by atoms with E-state index in [1.165, 1.54) is 30.5 Å². The minimum atomic E-state index is 0.425. The van der Waals surface area contributed by atoms with Crippen LogP contribution in [0, 0.1) is 12.8 Å². The zero-order chi connectivity index (χ0) is 9.19. The highest BCUT2D eigenvalue weighted by atomic mass is 15.4. The molecule has 2 heteroatoms. The van der Waals surface area contributed by atoms with Crippen molar-refractivity contribution in [3.63, 3.8) is 0 Å². The van der Waals surface area contributed by atoms with Gasteiger partial charge in [0.15, 0.2) is 0 Å². The van der Waals surface area contributed by atoms with Gasteiger partial charge in [-0.3, -0.25) is 0 Å². The van der Waals surface area contributed by atoms with Crippen LogP contribution < -0.4 is 5.73 Å². The summed E-state index contributed by atoms with van der Waals surface area (Å²) in [7, 11) is 0. The van der Waals surface area contributed by atoms with E-state index >= 15 is 0 Å². The Hall–Kier alpha value is -0.0800. The van der Waals surface area contributed by atoms with Gasteiger partial charge in [0, 0.05) is 25.3 Å². The second-order valence-corrected chi connectivity index (χ2v) is 4.22. The Labute approximate surface area is 76.3 Å². The fraction of sp³-hybridized carbons (Fsp3) is 0.900. The molecule has 0 spiro atoms. The van der Waals surface area contributed by atoms with Crippen LogP contribution in [0.2, 0.25) is 0 Å². The van der Waals surface area contributed by atoms with Crippen molar-refractivity contribution in [1.82, 2.24) is 0 Å². The van der Waals surface area contributed by atoms with Crippen molar-refractivity contribution in [1.29, 1.82) is 0 Å². The Kier molecular flexibility index (Phi) is 3.13. The fourth-order valence-corrected chi connectivity index (χ4v) is 2.19. The van der Waals surface area contributed by atoms with Gasteiger partial charge in [-0.15, -0.1) is 0 Å². The normalized spacial score (nSPS) is 35.0. The fourth-order valence-electron chi connectivity index (χ4n) is 2.19. The minimum absolute atomic E-state index is 0.425. The lowest BCUT2D eigenvalue weighted by Gasteiger charge is -2.44. The molecule has 1 radical (unpaired) electrons. The molecule has 2 N–H and O–H groups in total. The van der Waals surface area contributed by atoms with Crippen LogP contribution in [0.25, 0.3) is 0 Å². The van der Waals surface area contributed by atoms with Crippen molar-refractivity contribution >= 4 is 0 Å². The first-order chi connectivity index (χ1) is 5.63. The number of hydrogen-bond donors (Lipinski definition) is 1. The third-order valence-electron chi connectivity index (χ3n) is 3.49. The predicted molar refractivity (Wildman–Crippen MR) is 52.5 cm³/mol. The zero-order valence-corrected chi connectivity index (χ0v) is 8.42. The molecular weight excluding hydrogens is 148 g/mol. The third-order valence-corrected chi connectivity index (χ3v) is 3.49. The molecule has 1 fully saturated rings. The molecule has 0 saturated carbocycles. The summed E-state index contributed by atoms with van der Waals surface area (Å²) in [6, 6.07) is 0.425. The Morgan fingerprint density at radius 3 is 2.67 bits per heavy atom. The quantitative estimate of drug-likeness (QED) is 0.615. The largest absolute Gasteiger partial charge is 0.327 e. The molecule has 0 bridgehead atoms. The van der Waals surface area contributed by atoms with Gasteiger partial charge in [0.1, 0.15) is 0 Å². The lowest BCUT2D eigenvalue weighted by molar-refractivity contribution is -0.929. The molecule has 0 aliphatic carbocycles. The van der Waals surface area contributed by atoms with Gasteiger partial charge in [0.25, 0.3) is 0 Å². The lowest BCUT2D eigenvalue weighted by Crippen LogP contribution is -2.58. The van der Waals surface area contributed by atoms with Crippen molar-refractivity contribution in [3.8, 4) is 0 Å². The van der Waals surface area contributed by atoms with E-state index in [1.807, 2.05) is 0 Å². The molecule has 71 valence electrons. The Bertz CT molecular complexity index is 141. The van der Waals surface area contributed by atoms with Crippen molar-refractivity contribution in [3.05, 3.63) is 6.92 Å². The van der Waals surface area contributed by atoms with Crippen LogP contribution >= 0.6 is 0 Å². The molecule has 1 rings (SSSR count). The van der Waals surface area contributed by atoms with Crippen LogP contribution in [0.15, 0.2) is 0 Å². The predicted octanol–water partition coefficient (Wildman–Crippen LogP) is 1.02. The van der Waals surface area contributed by atoms with E-state index in [1.54, 1.807) is 0 Å². The highest BCUT2D eigenvalue weighted by molar-refractivity contribution is 4.74. The van der Waals surface area contributed by atoms with E-state index in [0.717, 1.165) is 6.54 Å². The standard InChI is InChI=1S/C10H22N2/c1-4-12(5-2)7-6-10(11)9(3)8-12/h9-10H,1,4-8,11H2,2-3H3/q+1.